The molecule has 5 aromatic rings. The molecule has 39 heavy (non-hydrogen) atoms. The van der Waals surface area contributed by atoms with Gasteiger partial charge in [0.15, 0.2) is 0 Å². The number of aromatic nitrogens is 3. The van der Waals surface area contributed by atoms with Crippen molar-refractivity contribution >= 4 is 5.97 Å². The fraction of sp³-hybridized carbons (Fsp3) is 0.194. The molecule has 0 bridgehead atoms. The van der Waals surface area contributed by atoms with Crippen molar-refractivity contribution in [1.82, 2.24) is 14.8 Å². The van der Waals surface area contributed by atoms with Gasteiger partial charge in [0.2, 0.25) is 11.8 Å². The van der Waals surface area contributed by atoms with Gasteiger partial charge in [-0.2, -0.15) is 0 Å². The highest BCUT2D eigenvalue weighted by Crippen LogP contribution is 2.24. The Morgan fingerprint density at radius 1 is 0.872 bits per heavy atom. The molecule has 0 atom stereocenters. The number of ether oxygens (including phenoxy) is 3. The van der Waals surface area contributed by atoms with Crippen molar-refractivity contribution in [3.05, 3.63) is 119 Å². The van der Waals surface area contributed by atoms with Crippen molar-refractivity contribution in [2.45, 2.75) is 33.6 Å². The number of hydrogen-bond acceptors (Lipinski definition) is 7. The second-order valence-corrected chi connectivity index (χ2v) is 8.86. The lowest BCUT2D eigenvalue weighted by Crippen LogP contribution is -2.06. The smallest absolute Gasteiger partial charge is 0.345 e. The monoisotopic (exact) mass is 523 g/mol. The van der Waals surface area contributed by atoms with Gasteiger partial charge in [0.1, 0.15) is 36.0 Å². The van der Waals surface area contributed by atoms with Crippen LogP contribution in [0.1, 0.15) is 39.9 Å². The van der Waals surface area contributed by atoms with Gasteiger partial charge >= 0.3 is 5.97 Å². The molecular formula is C31H29N3O5. The van der Waals surface area contributed by atoms with E-state index in [2.05, 4.69) is 10.1 Å². The molecule has 0 saturated carbocycles. The molecule has 0 spiro atoms. The molecule has 3 aromatic carbocycles. The minimum absolute atomic E-state index is 0.234. The summed E-state index contributed by atoms with van der Waals surface area (Å²) >= 11 is 0. The quantitative estimate of drug-likeness (QED) is 0.190. The highest BCUT2D eigenvalue weighted by Gasteiger charge is 2.19. The average molecular weight is 524 g/mol. The number of carbonyl (C=O) groups excluding carboxylic acids is 1. The molecule has 198 valence electrons. The maximum Gasteiger partial charge on any atom is 0.345 e. The Labute approximate surface area is 226 Å². The van der Waals surface area contributed by atoms with Crippen LogP contribution in [0.4, 0.5) is 0 Å². The fourth-order valence-electron chi connectivity index (χ4n) is 3.96. The van der Waals surface area contributed by atoms with E-state index in [0.29, 0.717) is 30.4 Å². The second-order valence-electron chi connectivity index (χ2n) is 8.86. The third-order valence-electron chi connectivity index (χ3n) is 6.00. The van der Waals surface area contributed by atoms with Crippen LogP contribution in [0.5, 0.6) is 11.6 Å². The summed E-state index contributed by atoms with van der Waals surface area (Å²) in [5.41, 5.74) is 3.94. The van der Waals surface area contributed by atoms with E-state index in [1.165, 1.54) is 0 Å². The summed E-state index contributed by atoms with van der Waals surface area (Å²) in [6.07, 6.45) is 1.66. The number of rotatable bonds is 11. The van der Waals surface area contributed by atoms with Gasteiger partial charge in [-0.15, -0.1) is 5.10 Å². The Kier molecular flexibility index (Phi) is 8.02. The molecule has 0 radical (unpaired) electrons. The number of carbonyl (C=O) groups is 1. The van der Waals surface area contributed by atoms with Crippen LogP contribution in [0, 0.1) is 6.92 Å². The SMILES string of the molecule is CCOC(=O)c1cn(Cc2ccccc2)nc1OCc1ccc(OCc2nc(-c3ccccc3)oc2C)cc1. The molecule has 0 unspecified atom stereocenters. The summed E-state index contributed by atoms with van der Waals surface area (Å²) in [6.45, 7) is 4.95. The summed E-state index contributed by atoms with van der Waals surface area (Å²) in [6, 6.07) is 27.2. The van der Waals surface area contributed by atoms with Crippen molar-refractivity contribution in [3.8, 4) is 23.1 Å². The van der Waals surface area contributed by atoms with Gasteiger partial charge in [-0.05, 0) is 49.2 Å². The van der Waals surface area contributed by atoms with Crippen LogP contribution in [-0.2, 0) is 24.5 Å². The molecule has 0 aliphatic carbocycles. The Morgan fingerprint density at radius 3 is 2.31 bits per heavy atom. The second kappa shape index (κ2) is 12.1. The van der Waals surface area contributed by atoms with Gasteiger partial charge in [-0.1, -0.05) is 60.7 Å². The number of esters is 1. The first-order chi connectivity index (χ1) is 19.1. The van der Waals surface area contributed by atoms with E-state index in [9.17, 15) is 4.79 Å². The lowest BCUT2D eigenvalue weighted by molar-refractivity contribution is 0.0521. The molecule has 8 nitrogen and oxygen atoms in total. The zero-order valence-corrected chi connectivity index (χ0v) is 21.9. The molecule has 0 fully saturated rings. The molecule has 0 aliphatic rings. The van der Waals surface area contributed by atoms with Crippen molar-refractivity contribution in [3.63, 3.8) is 0 Å². The highest BCUT2D eigenvalue weighted by atomic mass is 16.5. The zero-order chi connectivity index (χ0) is 27.0. The average Bonchev–Trinajstić information content (AvgIpc) is 3.55. The van der Waals surface area contributed by atoms with Crippen LogP contribution in [0.3, 0.4) is 0 Å². The van der Waals surface area contributed by atoms with E-state index >= 15 is 0 Å². The Morgan fingerprint density at radius 2 is 1.59 bits per heavy atom. The minimum Gasteiger partial charge on any atom is -0.487 e. The predicted molar refractivity (Wildman–Crippen MR) is 146 cm³/mol. The predicted octanol–water partition coefficient (Wildman–Crippen LogP) is 6.23. The number of benzene rings is 3. The zero-order valence-electron chi connectivity index (χ0n) is 21.9. The van der Waals surface area contributed by atoms with Crippen LogP contribution < -0.4 is 9.47 Å². The van der Waals surface area contributed by atoms with E-state index in [4.69, 9.17) is 18.6 Å². The maximum atomic E-state index is 12.5. The van der Waals surface area contributed by atoms with Crippen LogP contribution in [0.2, 0.25) is 0 Å². The molecule has 8 heteroatoms. The molecular weight excluding hydrogens is 494 g/mol. The molecule has 2 heterocycles. The number of oxazole rings is 1. The Hall–Kier alpha value is -4.85. The fourth-order valence-corrected chi connectivity index (χ4v) is 3.96. The van der Waals surface area contributed by atoms with E-state index in [1.54, 1.807) is 17.8 Å². The Bertz CT molecular complexity index is 1510. The molecule has 0 amide bonds. The van der Waals surface area contributed by atoms with Crippen molar-refractivity contribution in [2.24, 2.45) is 0 Å². The third-order valence-corrected chi connectivity index (χ3v) is 6.00. The largest absolute Gasteiger partial charge is 0.487 e. The molecule has 0 aliphatic heterocycles. The first kappa shape index (κ1) is 25.8. The third kappa shape index (κ3) is 6.54. The van der Waals surface area contributed by atoms with Crippen molar-refractivity contribution in [1.29, 1.82) is 0 Å². The van der Waals surface area contributed by atoms with Crippen molar-refractivity contribution in [2.75, 3.05) is 6.61 Å². The molecule has 0 saturated heterocycles. The van der Waals surface area contributed by atoms with Gasteiger partial charge in [0.05, 0.1) is 13.2 Å². The topological polar surface area (TPSA) is 88.6 Å². The van der Waals surface area contributed by atoms with Gasteiger partial charge in [0.25, 0.3) is 0 Å². The number of hydrogen-bond donors (Lipinski definition) is 0. The normalized spacial score (nSPS) is 10.8. The molecule has 5 rings (SSSR count). The van der Waals surface area contributed by atoms with Crippen LogP contribution in [-0.4, -0.2) is 27.3 Å². The Balaban J connectivity index is 1.21. The summed E-state index contributed by atoms with van der Waals surface area (Å²) < 4.78 is 24.6. The lowest BCUT2D eigenvalue weighted by Gasteiger charge is -2.08. The summed E-state index contributed by atoms with van der Waals surface area (Å²) in [5.74, 6) is 1.77. The van der Waals surface area contributed by atoms with E-state index < -0.39 is 5.97 Å². The first-order valence-electron chi connectivity index (χ1n) is 12.7. The van der Waals surface area contributed by atoms with Gasteiger partial charge in [-0.25, -0.2) is 9.78 Å². The van der Waals surface area contributed by atoms with Crippen molar-refractivity contribution < 1.29 is 23.4 Å². The van der Waals surface area contributed by atoms with Crippen LogP contribution >= 0.6 is 0 Å². The summed E-state index contributed by atoms with van der Waals surface area (Å²) in [7, 11) is 0. The summed E-state index contributed by atoms with van der Waals surface area (Å²) in [4.78, 5) is 17.1. The van der Waals surface area contributed by atoms with Gasteiger partial charge < -0.3 is 18.6 Å². The number of aryl methyl sites for hydroxylation is 1. The minimum atomic E-state index is -0.464. The highest BCUT2D eigenvalue weighted by molar-refractivity contribution is 5.91. The van der Waals surface area contributed by atoms with Gasteiger partial charge in [0, 0.05) is 11.8 Å². The van der Waals surface area contributed by atoms with E-state index in [-0.39, 0.29) is 19.1 Å². The van der Waals surface area contributed by atoms with Gasteiger partial charge in [-0.3, -0.25) is 4.68 Å². The summed E-state index contributed by atoms with van der Waals surface area (Å²) in [5, 5.41) is 4.49. The standard InChI is InChI=1S/C31H29N3O5/c1-3-36-31(35)27-19-34(18-23-10-6-4-7-11-23)33-30(27)38-20-24-14-16-26(17-15-24)37-21-28-22(2)39-29(32-28)25-12-8-5-9-13-25/h4-17,19H,3,18,20-21H2,1-2H3. The van der Waals surface area contributed by atoms with Crippen LogP contribution in [0.15, 0.2) is 95.5 Å². The van der Waals surface area contributed by atoms with E-state index in [0.717, 1.165) is 28.1 Å². The van der Waals surface area contributed by atoms with Crippen LogP contribution in [0.25, 0.3) is 11.5 Å². The maximum absolute atomic E-state index is 12.5. The van der Waals surface area contributed by atoms with E-state index in [1.807, 2.05) is 91.9 Å². The molecule has 0 N–H and O–H groups in total. The first-order valence-corrected chi connectivity index (χ1v) is 12.7. The lowest BCUT2D eigenvalue weighted by atomic mass is 10.2. The molecule has 2 aromatic heterocycles. The number of nitrogens with zero attached hydrogens (tertiary/aromatic N) is 3.